The van der Waals surface area contributed by atoms with E-state index in [0.717, 1.165) is 11.1 Å². The average molecular weight is 441 g/mol. The fourth-order valence-electron chi connectivity index (χ4n) is 4.00. The van der Waals surface area contributed by atoms with Crippen molar-refractivity contribution in [3.8, 4) is 0 Å². The number of nitrogens with zero attached hydrogens (tertiary/aromatic N) is 2. The van der Waals surface area contributed by atoms with Gasteiger partial charge in [0.05, 0.1) is 29.5 Å². The van der Waals surface area contributed by atoms with Crippen LogP contribution in [0, 0.1) is 0 Å². The number of aromatic amines is 1. The molecule has 0 spiro atoms. The van der Waals surface area contributed by atoms with E-state index < -0.39 is 6.04 Å². The lowest BCUT2D eigenvalue weighted by Gasteiger charge is -2.29. The summed E-state index contributed by atoms with van der Waals surface area (Å²) >= 11 is 0. The summed E-state index contributed by atoms with van der Waals surface area (Å²) in [5, 5.41) is 3.78. The monoisotopic (exact) mass is 440 g/mol. The van der Waals surface area contributed by atoms with E-state index in [2.05, 4.69) is 15.3 Å². The Hall–Kier alpha value is -3.77. The number of nitrogens with one attached hydrogen (secondary N) is 2. The highest BCUT2D eigenvalue weighted by molar-refractivity contribution is 5.82. The molecule has 168 valence electrons. The molecule has 0 saturated heterocycles. The Kier molecular flexibility index (Phi) is 6.95. The zero-order valence-corrected chi connectivity index (χ0v) is 18.9. The summed E-state index contributed by atoms with van der Waals surface area (Å²) in [6, 6.07) is 26.5. The second kappa shape index (κ2) is 10.2. The Labute approximate surface area is 193 Å². The Morgan fingerprint density at radius 3 is 2.12 bits per heavy atom. The lowest BCUT2D eigenvalue weighted by atomic mass is 9.98. The highest BCUT2D eigenvalue weighted by Crippen LogP contribution is 2.22. The van der Waals surface area contributed by atoms with E-state index >= 15 is 0 Å². The van der Waals surface area contributed by atoms with Crippen LogP contribution in [0.4, 0.5) is 0 Å². The van der Waals surface area contributed by atoms with Crippen LogP contribution in [0.3, 0.4) is 0 Å². The number of aromatic nitrogens is 2. The first-order chi connectivity index (χ1) is 16.1. The minimum atomic E-state index is -0.415. The molecule has 0 bridgehead atoms. The minimum absolute atomic E-state index is 0.0855. The zero-order chi connectivity index (χ0) is 23.2. The number of carbonyl (C=O) groups excluding carboxylic acids is 1. The van der Waals surface area contributed by atoms with Crippen LogP contribution >= 0.6 is 0 Å². The molecule has 0 fully saturated rings. The second-order valence-corrected chi connectivity index (χ2v) is 8.03. The second-order valence-electron chi connectivity index (χ2n) is 8.03. The fourth-order valence-corrected chi connectivity index (χ4v) is 4.00. The molecule has 1 aromatic heterocycles. The van der Waals surface area contributed by atoms with Crippen LogP contribution in [-0.2, 0) is 11.3 Å². The number of rotatable bonds is 8. The molecule has 6 heteroatoms. The van der Waals surface area contributed by atoms with Crippen LogP contribution < -0.4 is 10.9 Å². The molecule has 0 aliphatic rings. The van der Waals surface area contributed by atoms with Gasteiger partial charge in [0.2, 0.25) is 5.91 Å². The number of hydrogen-bond donors (Lipinski definition) is 2. The molecule has 6 nitrogen and oxygen atoms in total. The van der Waals surface area contributed by atoms with Crippen molar-refractivity contribution in [2.45, 2.75) is 32.5 Å². The summed E-state index contributed by atoms with van der Waals surface area (Å²) in [5.74, 6) is 0.459. The van der Waals surface area contributed by atoms with E-state index in [1.54, 1.807) is 6.07 Å². The smallest absolute Gasteiger partial charge is 0.258 e. The van der Waals surface area contributed by atoms with Gasteiger partial charge < -0.3 is 10.3 Å². The normalized spacial score (nSPS) is 12.2. The highest BCUT2D eigenvalue weighted by atomic mass is 16.2. The third-order valence-electron chi connectivity index (χ3n) is 5.90. The first-order valence-electron chi connectivity index (χ1n) is 11.2. The van der Waals surface area contributed by atoms with Gasteiger partial charge in [0.15, 0.2) is 0 Å². The first-order valence-corrected chi connectivity index (χ1v) is 11.2. The third-order valence-corrected chi connectivity index (χ3v) is 5.90. The topological polar surface area (TPSA) is 78.1 Å². The van der Waals surface area contributed by atoms with Crippen molar-refractivity contribution in [3.05, 3.63) is 112 Å². The number of amides is 1. The molecule has 33 heavy (non-hydrogen) atoms. The van der Waals surface area contributed by atoms with E-state index in [-0.39, 0.29) is 17.5 Å². The molecule has 3 aromatic carbocycles. The van der Waals surface area contributed by atoms with Gasteiger partial charge in [-0.05, 0) is 36.7 Å². The predicted octanol–water partition coefficient (Wildman–Crippen LogP) is 4.04. The largest absolute Gasteiger partial charge is 0.344 e. The van der Waals surface area contributed by atoms with Gasteiger partial charge in [-0.15, -0.1) is 0 Å². The van der Waals surface area contributed by atoms with Gasteiger partial charge in [-0.25, -0.2) is 4.98 Å². The molecule has 0 aliphatic carbocycles. The molecule has 1 unspecified atom stereocenters. The highest BCUT2D eigenvalue weighted by Gasteiger charge is 2.25. The van der Waals surface area contributed by atoms with Crippen molar-refractivity contribution in [2.75, 3.05) is 6.54 Å². The van der Waals surface area contributed by atoms with Crippen LogP contribution in [0.1, 0.15) is 36.8 Å². The molecular weight excluding hydrogens is 412 g/mol. The molecule has 4 rings (SSSR count). The summed E-state index contributed by atoms with van der Waals surface area (Å²) < 4.78 is 0. The molecule has 1 atom stereocenters. The maximum absolute atomic E-state index is 13.3. The van der Waals surface area contributed by atoms with Gasteiger partial charge in [-0.2, -0.15) is 0 Å². The molecule has 1 heterocycles. The molecular formula is C27H28N4O2. The van der Waals surface area contributed by atoms with E-state index in [0.29, 0.717) is 29.8 Å². The van der Waals surface area contributed by atoms with Crippen LogP contribution in [0.15, 0.2) is 89.7 Å². The summed E-state index contributed by atoms with van der Waals surface area (Å²) in [7, 11) is 0. The summed E-state index contributed by atoms with van der Waals surface area (Å²) in [5.41, 5.74) is 2.52. The quantitative estimate of drug-likeness (QED) is 0.434. The van der Waals surface area contributed by atoms with Crippen LogP contribution in [0.5, 0.6) is 0 Å². The van der Waals surface area contributed by atoms with Crippen molar-refractivity contribution >= 4 is 16.8 Å². The van der Waals surface area contributed by atoms with Crippen molar-refractivity contribution in [1.82, 2.24) is 20.2 Å². The first kappa shape index (κ1) is 22.4. The average Bonchev–Trinajstić information content (AvgIpc) is 2.86. The number of H-pyrrole nitrogens is 1. The lowest BCUT2D eigenvalue weighted by Crippen LogP contribution is -2.46. The van der Waals surface area contributed by atoms with E-state index in [4.69, 9.17) is 0 Å². The number of likely N-dealkylation sites (N-methyl/N-ethyl adjacent to an activating group) is 1. The Balaban J connectivity index is 1.54. The van der Waals surface area contributed by atoms with Gasteiger partial charge >= 0.3 is 0 Å². The van der Waals surface area contributed by atoms with E-state index in [1.807, 2.05) is 97.6 Å². The third kappa shape index (κ3) is 5.18. The van der Waals surface area contributed by atoms with Crippen LogP contribution in [0.25, 0.3) is 10.9 Å². The Morgan fingerprint density at radius 1 is 0.939 bits per heavy atom. The van der Waals surface area contributed by atoms with Crippen molar-refractivity contribution in [3.63, 3.8) is 0 Å². The zero-order valence-electron chi connectivity index (χ0n) is 18.9. The Morgan fingerprint density at radius 2 is 1.52 bits per heavy atom. The molecule has 2 N–H and O–H groups in total. The summed E-state index contributed by atoms with van der Waals surface area (Å²) in [4.78, 5) is 35.2. The summed E-state index contributed by atoms with van der Waals surface area (Å²) in [6.07, 6.45) is 0. The van der Waals surface area contributed by atoms with Crippen molar-refractivity contribution in [2.24, 2.45) is 0 Å². The molecule has 0 saturated carbocycles. The van der Waals surface area contributed by atoms with Gasteiger partial charge in [-0.1, -0.05) is 79.7 Å². The number of fused-ring (bicyclic) bond motifs is 1. The maximum Gasteiger partial charge on any atom is 0.258 e. The van der Waals surface area contributed by atoms with Crippen molar-refractivity contribution < 1.29 is 4.79 Å². The number of para-hydroxylation sites is 1. The van der Waals surface area contributed by atoms with E-state index in [9.17, 15) is 9.59 Å². The number of benzene rings is 3. The number of carbonyl (C=O) groups is 1. The van der Waals surface area contributed by atoms with Gasteiger partial charge in [0, 0.05) is 0 Å². The lowest BCUT2D eigenvalue weighted by molar-refractivity contribution is -0.126. The van der Waals surface area contributed by atoms with Crippen LogP contribution in [-0.4, -0.2) is 33.4 Å². The van der Waals surface area contributed by atoms with E-state index in [1.165, 1.54) is 0 Å². The molecule has 0 aliphatic heterocycles. The number of hydrogen-bond acceptors (Lipinski definition) is 4. The van der Waals surface area contributed by atoms with Crippen molar-refractivity contribution in [1.29, 1.82) is 0 Å². The standard InChI is InChI=1S/C27H28N4O2/c1-3-31(18-24-28-23-17-11-10-16-22(23)27(33)29-24)19(2)26(32)30-25(20-12-6-4-7-13-20)21-14-8-5-9-15-21/h4-17,19,25H,3,18H2,1-2H3,(H,30,32)(H,28,29,33). The minimum Gasteiger partial charge on any atom is -0.344 e. The summed E-state index contributed by atoms with van der Waals surface area (Å²) in [6.45, 7) is 4.87. The maximum atomic E-state index is 13.3. The van der Waals surface area contributed by atoms with Gasteiger partial charge in [-0.3, -0.25) is 14.5 Å². The molecule has 1 amide bonds. The van der Waals surface area contributed by atoms with Crippen LogP contribution in [0.2, 0.25) is 0 Å². The van der Waals surface area contributed by atoms with Gasteiger partial charge in [0.25, 0.3) is 5.56 Å². The Bertz CT molecular complexity index is 1230. The molecule has 0 radical (unpaired) electrons. The van der Waals surface area contributed by atoms with Gasteiger partial charge in [0.1, 0.15) is 5.82 Å². The SMILES string of the molecule is CCN(Cc1nc2ccccc2c(=O)[nH]1)C(C)C(=O)NC(c1ccccc1)c1ccccc1. The fraction of sp³-hybridized carbons (Fsp3) is 0.222. The predicted molar refractivity (Wildman–Crippen MR) is 131 cm³/mol. The molecule has 4 aromatic rings.